The van der Waals surface area contributed by atoms with E-state index >= 15 is 0 Å². The highest BCUT2D eigenvalue weighted by atomic mass is 32.1. The first-order valence-corrected chi connectivity index (χ1v) is 11.0. The van der Waals surface area contributed by atoms with E-state index in [0.717, 1.165) is 49.3 Å². The molecule has 0 aliphatic carbocycles. The summed E-state index contributed by atoms with van der Waals surface area (Å²) in [6.07, 6.45) is 8.10. The summed E-state index contributed by atoms with van der Waals surface area (Å²) in [5.41, 5.74) is 8.86. The summed E-state index contributed by atoms with van der Waals surface area (Å²) in [5.74, 6) is 1.89. The standard InChI is InChI=1S/C23H30N6O2S/c1-17-15-25-16-29(17)11-4-9-27-23(32)28-19-6-7-20(21(14-19)30-2)31-12-3-5-18-8-10-26-22(24)13-18/h6-8,10,13-16H,3-5,9,11-12H2,1-2H3,(H2,24,26)(H2,27,28,32). The monoisotopic (exact) mass is 454 g/mol. The van der Waals surface area contributed by atoms with Gasteiger partial charge < -0.3 is 30.4 Å². The van der Waals surface area contributed by atoms with E-state index in [9.17, 15) is 0 Å². The van der Waals surface area contributed by atoms with Crippen LogP contribution in [-0.4, -0.2) is 39.9 Å². The van der Waals surface area contributed by atoms with Gasteiger partial charge in [-0.2, -0.15) is 0 Å². The molecule has 0 atom stereocenters. The van der Waals surface area contributed by atoms with Crippen molar-refractivity contribution >= 4 is 28.8 Å². The van der Waals surface area contributed by atoms with Gasteiger partial charge in [0, 0.05) is 42.9 Å². The summed E-state index contributed by atoms with van der Waals surface area (Å²) < 4.78 is 13.5. The van der Waals surface area contributed by atoms with Crippen LogP contribution in [0.3, 0.4) is 0 Å². The fourth-order valence-electron chi connectivity index (χ4n) is 3.22. The van der Waals surface area contributed by atoms with E-state index in [1.165, 1.54) is 0 Å². The van der Waals surface area contributed by atoms with Crippen molar-refractivity contribution < 1.29 is 9.47 Å². The molecule has 0 spiro atoms. The minimum atomic E-state index is 0.536. The molecule has 0 aliphatic heterocycles. The van der Waals surface area contributed by atoms with Crippen molar-refractivity contribution in [3.63, 3.8) is 0 Å². The van der Waals surface area contributed by atoms with Crippen molar-refractivity contribution in [3.8, 4) is 11.5 Å². The Morgan fingerprint density at radius 1 is 1.19 bits per heavy atom. The van der Waals surface area contributed by atoms with Crippen LogP contribution < -0.4 is 25.8 Å². The van der Waals surface area contributed by atoms with Crippen molar-refractivity contribution in [1.82, 2.24) is 19.9 Å². The van der Waals surface area contributed by atoms with E-state index in [1.807, 2.05) is 49.8 Å². The Morgan fingerprint density at radius 3 is 2.81 bits per heavy atom. The van der Waals surface area contributed by atoms with Gasteiger partial charge in [0.25, 0.3) is 0 Å². The number of thiocarbonyl (C=S) groups is 1. The van der Waals surface area contributed by atoms with E-state index in [-0.39, 0.29) is 0 Å². The lowest BCUT2D eigenvalue weighted by molar-refractivity contribution is 0.289. The van der Waals surface area contributed by atoms with Crippen LogP contribution in [0, 0.1) is 6.92 Å². The fourth-order valence-corrected chi connectivity index (χ4v) is 3.44. The van der Waals surface area contributed by atoms with E-state index in [1.54, 1.807) is 13.3 Å². The molecule has 0 aliphatic rings. The number of ether oxygens (including phenoxy) is 2. The molecule has 2 aromatic heterocycles. The highest BCUT2D eigenvalue weighted by Crippen LogP contribution is 2.30. The molecule has 9 heteroatoms. The Kier molecular flexibility index (Phi) is 8.68. The average Bonchev–Trinajstić information content (AvgIpc) is 3.19. The molecular formula is C23H30N6O2S. The zero-order valence-corrected chi connectivity index (χ0v) is 19.3. The number of aryl methyl sites for hydroxylation is 3. The number of hydrogen-bond acceptors (Lipinski definition) is 6. The Hall–Kier alpha value is -3.33. The van der Waals surface area contributed by atoms with Gasteiger partial charge in [0.2, 0.25) is 0 Å². The second-order valence-corrected chi connectivity index (χ2v) is 7.78. The Balaban J connectivity index is 1.41. The van der Waals surface area contributed by atoms with Gasteiger partial charge in [0.1, 0.15) is 5.82 Å². The summed E-state index contributed by atoms with van der Waals surface area (Å²) in [4.78, 5) is 8.14. The topological polar surface area (TPSA) is 99.2 Å². The summed E-state index contributed by atoms with van der Waals surface area (Å²) in [7, 11) is 1.63. The maximum Gasteiger partial charge on any atom is 0.170 e. The molecule has 8 nitrogen and oxygen atoms in total. The molecule has 0 unspecified atom stereocenters. The van der Waals surface area contributed by atoms with Crippen LogP contribution in [0.15, 0.2) is 49.1 Å². The van der Waals surface area contributed by atoms with Gasteiger partial charge in [0.15, 0.2) is 16.6 Å². The van der Waals surface area contributed by atoms with Crippen molar-refractivity contribution in [2.45, 2.75) is 32.7 Å². The van der Waals surface area contributed by atoms with Gasteiger partial charge in [-0.05, 0) is 68.2 Å². The van der Waals surface area contributed by atoms with Gasteiger partial charge in [-0.1, -0.05) is 0 Å². The number of hydrogen-bond donors (Lipinski definition) is 3. The molecule has 32 heavy (non-hydrogen) atoms. The number of nitrogens with zero attached hydrogens (tertiary/aromatic N) is 3. The zero-order valence-electron chi connectivity index (χ0n) is 18.5. The van der Waals surface area contributed by atoms with E-state index in [2.05, 4.69) is 25.2 Å². The van der Waals surface area contributed by atoms with Crippen molar-refractivity contribution in [2.24, 2.45) is 0 Å². The number of rotatable bonds is 11. The van der Waals surface area contributed by atoms with Crippen molar-refractivity contribution in [3.05, 3.63) is 60.3 Å². The summed E-state index contributed by atoms with van der Waals surface area (Å²) in [6, 6.07) is 9.53. The first-order valence-electron chi connectivity index (χ1n) is 10.6. The molecule has 1 aromatic carbocycles. The minimum absolute atomic E-state index is 0.536. The van der Waals surface area contributed by atoms with Crippen molar-refractivity contribution in [1.29, 1.82) is 0 Å². The number of pyridine rings is 1. The van der Waals surface area contributed by atoms with Crippen LogP contribution >= 0.6 is 12.2 Å². The normalized spacial score (nSPS) is 10.6. The third-order valence-corrected chi connectivity index (χ3v) is 5.16. The smallest absolute Gasteiger partial charge is 0.170 e. The van der Waals surface area contributed by atoms with Gasteiger partial charge in [-0.3, -0.25) is 0 Å². The molecule has 0 bridgehead atoms. The third-order valence-electron chi connectivity index (χ3n) is 4.92. The fraction of sp³-hybridized carbons (Fsp3) is 0.348. The lowest BCUT2D eigenvalue weighted by Gasteiger charge is -2.14. The zero-order chi connectivity index (χ0) is 22.8. The van der Waals surface area contributed by atoms with E-state index in [0.29, 0.717) is 29.0 Å². The highest BCUT2D eigenvalue weighted by molar-refractivity contribution is 7.80. The quantitative estimate of drug-likeness (QED) is 0.299. The molecule has 4 N–H and O–H groups in total. The van der Waals surface area contributed by atoms with Crippen LogP contribution in [-0.2, 0) is 13.0 Å². The number of methoxy groups -OCH3 is 1. The van der Waals surface area contributed by atoms with Crippen LogP contribution in [0.5, 0.6) is 11.5 Å². The predicted molar refractivity (Wildman–Crippen MR) is 131 cm³/mol. The van der Waals surface area contributed by atoms with E-state index < -0.39 is 0 Å². The lowest BCUT2D eigenvalue weighted by atomic mass is 10.1. The SMILES string of the molecule is COc1cc(NC(=S)NCCCn2cncc2C)ccc1OCCCc1ccnc(N)c1. The number of benzene rings is 1. The number of aromatic nitrogens is 3. The summed E-state index contributed by atoms with van der Waals surface area (Å²) >= 11 is 5.40. The first kappa shape index (κ1) is 23.3. The Morgan fingerprint density at radius 2 is 2.06 bits per heavy atom. The van der Waals surface area contributed by atoms with Gasteiger partial charge >= 0.3 is 0 Å². The highest BCUT2D eigenvalue weighted by Gasteiger charge is 2.07. The Bertz CT molecular complexity index is 1020. The van der Waals surface area contributed by atoms with Crippen LogP contribution in [0.2, 0.25) is 0 Å². The molecule has 0 saturated heterocycles. The predicted octanol–water partition coefficient (Wildman–Crippen LogP) is 3.57. The number of nitrogens with two attached hydrogens (primary N) is 1. The molecule has 3 rings (SSSR count). The van der Waals surface area contributed by atoms with Gasteiger partial charge in [-0.25, -0.2) is 9.97 Å². The average molecular weight is 455 g/mol. The Labute approximate surface area is 194 Å². The van der Waals surface area contributed by atoms with Crippen LogP contribution in [0.1, 0.15) is 24.1 Å². The van der Waals surface area contributed by atoms with Gasteiger partial charge in [-0.15, -0.1) is 0 Å². The van der Waals surface area contributed by atoms with Crippen LogP contribution in [0.25, 0.3) is 0 Å². The lowest BCUT2D eigenvalue weighted by Crippen LogP contribution is -2.29. The molecular weight excluding hydrogens is 424 g/mol. The summed E-state index contributed by atoms with van der Waals surface area (Å²) in [5, 5.41) is 6.99. The molecule has 0 fully saturated rings. The molecule has 170 valence electrons. The first-order chi connectivity index (χ1) is 15.5. The second-order valence-electron chi connectivity index (χ2n) is 7.37. The van der Waals surface area contributed by atoms with E-state index in [4.69, 9.17) is 27.4 Å². The van der Waals surface area contributed by atoms with Gasteiger partial charge in [0.05, 0.1) is 20.0 Å². The summed E-state index contributed by atoms with van der Waals surface area (Å²) in [6.45, 7) is 4.28. The van der Waals surface area contributed by atoms with Crippen molar-refractivity contribution in [2.75, 3.05) is 31.3 Å². The minimum Gasteiger partial charge on any atom is -0.493 e. The number of anilines is 2. The largest absolute Gasteiger partial charge is 0.493 e. The number of imidazole rings is 1. The molecule has 0 amide bonds. The molecule has 3 aromatic rings. The number of nitrogen functional groups attached to an aromatic ring is 1. The maximum absolute atomic E-state index is 5.91. The molecule has 0 radical (unpaired) electrons. The molecule has 2 heterocycles. The third kappa shape index (κ3) is 7.12. The molecule has 0 saturated carbocycles. The number of nitrogens with one attached hydrogen (secondary N) is 2. The maximum atomic E-state index is 5.91. The van der Waals surface area contributed by atoms with Crippen LogP contribution in [0.4, 0.5) is 11.5 Å². The second kappa shape index (κ2) is 11.9.